The number of hydrogen-bond donors (Lipinski definition) is 1. The second-order valence-corrected chi connectivity index (χ2v) is 7.40. The number of nitrogens with one attached hydrogen (secondary N) is 1. The Kier molecular flexibility index (Phi) is 5.28. The molecule has 114 valence electrons. The van der Waals surface area contributed by atoms with Crippen molar-refractivity contribution in [1.29, 1.82) is 0 Å². The highest BCUT2D eigenvalue weighted by molar-refractivity contribution is 5.00. The van der Waals surface area contributed by atoms with E-state index in [1.165, 1.54) is 12.8 Å². The second kappa shape index (κ2) is 6.77. The van der Waals surface area contributed by atoms with Crippen LogP contribution < -0.4 is 5.32 Å². The Morgan fingerprint density at radius 1 is 1.40 bits per heavy atom. The Morgan fingerprint density at radius 3 is 2.70 bits per heavy atom. The monoisotopic (exact) mass is 278 g/mol. The minimum atomic E-state index is 0.296. The molecule has 3 heteroatoms. The predicted octanol–water partition coefficient (Wildman–Crippen LogP) is 3.52. The molecule has 1 aromatic rings. The van der Waals surface area contributed by atoms with Gasteiger partial charge in [-0.3, -0.25) is 4.90 Å². The smallest absolute Gasteiger partial charge is 0.117 e. The Hall–Kier alpha value is -0.800. The van der Waals surface area contributed by atoms with Crippen LogP contribution in [0.1, 0.15) is 46.3 Å². The summed E-state index contributed by atoms with van der Waals surface area (Å²) >= 11 is 0. The van der Waals surface area contributed by atoms with Crippen LogP contribution in [0.3, 0.4) is 0 Å². The summed E-state index contributed by atoms with van der Waals surface area (Å²) in [6, 6.07) is 4.83. The summed E-state index contributed by atoms with van der Waals surface area (Å²) in [7, 11) is 0. The van der Waals surface area contributed by atoms with Crippen LogP contribution in [0.2, 0.25) is 0 Å². The van der Waals surface area contributed by atoms with Gasteiger partial charge in [0.1, 0.15) is 5.76 Å². The summed E-state index contributed by atoms with van der Waals surface area (Å²) in [5, 5.41) is 3.60. The molecule has 1 aliphatic carbocycles. The predicted molar refractivity (Wildman–Crippen MR) is 83.6 cm³/mol. The average molecular weight is 278 g/mol. The van der Waals surface area contributed by atoms with Crippen molar-refractivity contribution in [3.63, 3.8) is 0 Å². The first-order valence-electron chi connectivity index (χ1n) is 7.93. The molecule has 1 saturated carbocycles. The van der Waals surface area contributed by atoms with Crippen molar-refractivity contribution in [2.75, 3.05) is 19.6 Å². The van der Waals surface area contributed by atoms with Gasteiger partial charge in [-0.25, -0.2) is 0 Å². The summed E-state index contributed by atoms with van der Waals surface area (Å²) in [5.41, 5.74) is 0.296. The first-order chi connectivity index (χ1) is 9.46. The van der Waals surface area contributed by atoms with Crippen molar-refractivity contribution in [2.45, 2.75) is 53.1 Å². The summed E-state index contributed by atoms with van der Waals surface area (Å²) in [6.45, 7) is 13.5. The van der Waals surface area contributed by atoms with E-state index in [1.807, 2.05) is 6.07 Å². The van der Waals surface area contributed by atoms with E-state index in [0.29, 0.717) is 11.3 Å². The summed E-state index contributed by atoms with van der Waals surface area (Å²) in [5.74, 6) is 1.80. The minimum absolute atomic E-state index is 0.296. The summed E-state index contributed by atoms with van der Waals surface area (Å²) < 4.78 is 5.51. The maximum Gasteiger partial charge on any atom is 0.117 e. The fourth-order valence-corrected chi connectivity index (χ4v) is 2.66. The van der Waals surface area contributed by atoms with E-state index in [0.717, 1.165) is 38.0 Å². The lowest BCUT2D eigenvalue weighted by Crippen LogP contribution is -2.41. The molecule has 0 saturated heterocycles. The highest BCUT2D eigenvalue weighted by atomic mass is 16.3. The van der Waals surface area contributed by atoms with Gasteiger partial charge in [0.15, 0.2) is 0 Å². The maximum atomic E-state index is 5.51. The highest BCUT2D eigenvalue weighted by Crippen LogP contribution is 2.31. The fourth-order valence-electron chi connectivity index (χ4n) is 2.66. The normalized spacial score (nSPS) is 16.3. The maximum absolute atomic E-state index is 5.51. The molecule has 0 radical (unpaired) electrons. The summed E-state index contributed by atoms with van der Waals surface area (Å²) in [6.07, 6.45) is 4.46. The van der Waals surface area contributed by atoms with Crippen molar-refractivity contribution in [3.05, 3.63) is 24.2 Å². The number of furan rings is 1. The van der Waals surface area contributed by atoms with Crippen LogP contribution in [0.25, 0.3) is 0 Å². The number of rotatable bonds is 9. The van der Waals surface area contributed by atoms with E-state index >= 15 is 0 Å². The molecule has 0 atom stereocenters. The zero-order valence-corrected chi connectivity index (χ0v) is 13.5. The molecule has 1 fully saturated rings. The highest BCUT2D eigenvalue weighted by Gasteiger charge is 2.33. The first-order valence-corrected chi connectivity index (χ1v) is 7.93. The molecular weight excluding hydrogens is 248 g/mol. The van der Waals surface area contributed by atoms with Crippen LogP contribution in [0.15, 0.2) is 22.8 Å². The quantitative estimate of drug-likeness (QED) is 0.749. The van der Waals surface area contributed by atoms with Gasteiger partial charge in [-0.1, -0.05) is 27.7 Å². The zero-order chi connectivity index (χ0) is 14.6. The Labute approximate surface area is 123 Å². The van der Waals surface area contributed by atoms with Gasteiger partial charge in [0.2, 0.25) is 0 Å². The van der Waals surface area contributed by atoms with E-state index in [-0.39, 0.29) is 0 Å². The largest absolute Gasteiger partial charge is 0.468 e. The molecule has 2 rings (SSSR count). The third kappa shape index (κ3) is 5.29. The molecule has 1 N–H and O–H groups in total. The van der Waals surface area contributed by atoms with Crippen molar-refractivity contribution in [3.8, 4) is 0 Å². The van der Waals surface area contributed by atoms with E-state index in [1.54, 1.807) is 6.26 Å². The molecule has 0 bridgehead atoms. The van der Waals surface area contributed by atoms with Gasteiger partial charge in [0.05, 0.1) is 12.8 Å². The van der Waals surface area contributed by atoms with E-state index in [4.69, 9.17) is 4.42 Å². The molecular formula is C17H30N2O. The molecule has 1 aromatic heterocycles. The number of hydrogen-bond acceptors (Lipinski definition) is 3. The Morgan fingerprint density at radius 2 is 2.15 bits per heavy atom. The van der Waals surface area contributed by atoms with E-state index in [9.17, 15) is 0 Å². The molecule has 3 nitrogen and oxygen atoms in total. The molecule has 1 heterocycles. The topological polar surface area (TPSA) is 28.4 Å². The van der Waals surface area contributed by atoms with Crippen LogP contribution in [-0.4, -0.2) is 30.6 Å². The zero-order valence-electron chi connectivity index (χ0n) is 13.5. The molecule has 1 aliphatic rings. The Bertz CT molecular complexity index is 380. The molecule has 20 heavy (non-hydrogen) atoms. The van der Waals surface area contributed by atoms with Crippen LogP contribution in [0.5, 0.6) is 0 Å². The van der Waals surface area contributed by atoms with Crippen molar-refractivity contribution < 1.29 is 4.42 Å². The summed E-state index contributed by atoms with van der Waals surface area (Å²) in [4.78, 5) is 2.59. The SMILES string of the molecule is CC(C)CNCC(C)(C)CN(Cc1ccco1)C1CC1. The second-order valence-electron chi connectivity index (χ2n) is 7.40. The van der Waals surface area contributed by atoms with Gasteiger partial charge in [0, 0.05) is 19.1 Å². The standard InChI is InChI=1S/C17H30N2O/c1-14(2)10-18-12-17(3,4)13-19(15-7-8-15)11-16-6-5-9-20-16/h5-6,9,14-15,18H,7-8,10-13H2,1-4H3. The lowest BCUT2D eigenvalue weighted by molar-refractivity contribution is 0.149. The van der Waals surface area contributed by atoms with Gasteiger partial charge in [0.25, 0.3) is 0 Å². The van der Waals surface area contributed by atoms with Crippen molar-refractivity contribution in [2.24, 2.45) is 11.3 Å². The lowest BCUT2D eigenvalue weighted by atomic mass is 9.92. The van der Waals surface area contributed by atoms with Crippen molar-refractivity contribution in [1.82, 2.24) is 10.2 Å². The first kappa shape index (κ1) is 15.6. The fraction of sp³-hybridized carbons (Fsp3) is 0.765. The van der Waals surface area contributed by atoms with Gasteiger partial charge >= 0.3 is 0 Å². The molecule has 0 spiro atoms. The van der Waals surface area contributed by atoms with E-state index in [2.05, 4.69) is 44.0 Å². The van der Waals surface area contributed by atoms with Crippen LogP contribution >= 0.6 is 0 Å². The van der Waals surface area contributed by atoms with Crippen LogP contribution in [0, 0.1) is 11.3 Å². The van der Waals surface area contributed by atoms with Gasteiger partial charge in [-0.2, -0.15) is 0 Å². The van der Waals surface area contributed by atoms with Crippen LogP contribution in [0.4, 0.5) is 0 Å². The average Bonchev–Trinajstić information content (AvgIpc) is 3.07. The van der Waals surface area contributed by atoms with Crippen molar-refractivity contribution >= 4 is 0 Å². The van der Waals surface area contributed by atoms with Gasteiger partial charge in [-0.05, 0) is 42.9 Å². The number of nitrogens with zero attached hydrogens (tertiary/aromatic N) is 1. The Balaban J connectivity index is 1.83. The van der Waals surface area contributed by atoms with E-state index < -0.39 is 0 Å². The molecule has 0 amide bonds. The minimum Gasteiger partial charge on any atom is -0.468 e. The third-order valence-corrected chi connectivity index (χ3v) is 3.79. The van der Waals surface area contributed by atoms with Crippen LogP contribution in [-0.2, 0) is 6.54 Å². The van der Waals surface area contributed by atoms with Gasteiger partial charge in [-0.15, -0.1) is 0 Å². The molecule has 0 aliphatic heterocycles. The molecule has 0 unspecified atom stereocenters. The lowest BCUT2D eigenvalue weighted by Gasteiger charge is -2.33. The third-order valence-electron chi connectivity index (χ3n) is 3.79. The van der Waals surface area contributed by atoms with Gasteiger partial charge < -0.3 is 9.73 Å². The molecule has 0 aromatic carbocycles.